The summed E-state index contributed by atoms with van der Waals surface area (Å²) in [6.45, 7) is 6.82. The summed E-state index contributed by atoms with van der Waals surface area (Å²) in [5.74, 6) is 0.164. The van der Waals surface area contributed by atoms with Crippen LogP contribution in [0.15, 0.2) is 47.8 Å². The number of benzene rings is 1. The second-order valence-electron chi connectivity index (χ2n) is 7.16. The summed E-state index contributed by atoms with van der Waals surface area (Å²) in [6, 6.07) is 9.87. The monoisotopic (exact) mass is 356 g/mol. The first kappa shape index (κ1) is 17.9. The fourth-order valence-corrected chi connectivity index (χ4v) is 4.97. The van der Waals surface area contributed by atoms with Gasteiger partial charge in [-0.25, -0.2) is 0 Å². The minimum absolute atomic E-state index is 0.00977. The lowest BCUT2D eigenvalue weighted by atomic mass is 9.79. The lowest BCUT2D eigenvalue weighted by Crippen LogP contribution is -2.50. The third-order valence-electron chi connectivity index (χ3n) is 5.19. The van der Waals surface area contributed by atoms with Crippen LogP contribution in [0.25, 0.3) is 0 Å². The Morgan fingerprint density at radius 2 is 2.12 bits per heavy atom. The van der Waals surface area contributed by atoms with E-state index in [-0.39, 0.29) is 16.0 Å². The van der Waals surface area contributed by atoms with Crippen molar-refractivity contribution in [3.05, 3.63) is 68.7 Å². The molecule has 1 unspecified atom stereocenters. The number of aromatic nitrogens is 1. The predicted octanol–water partition coefficient (Wildman–Crippen LogP) is 4.10. The maximum Gasteiger partial charge on any atom is 0.374 e. The molecule has 0 saturated heterocycles. The maximum atomic E-state index is 12.8. The van der Waals surface area contributed by atoms with E-state index >= 15 is 0 Å². The smallest absolute Gasteiger partial charge is 0.374 e. The van der Waals surface area contributed by atoms with Crippen molar-refractivity contribution in [2.24, 2.45) is 0 Å². The van der Waals surface area contributed by atoms with Gasteiger partial charge in [-0.3, -0.25) is 4.79 Å². The number of nitrogens with zero attached hydrogens (tertiary/aromatic N) is 1. The first-order valence-corrected chi connectivity index (χ1v) is 9.81. The second-order valence-corrected chi connectivity index (χ2v) is 8.12. The Bertz CT molecular complexity index is 813. The summed E-state index contributed by atoms with van der Waals surface area (Å²) in [6.07, 6.45) is 7.60. The van der Waals surface area contributed by atoms with Crippen LogP contribution in [0, 0.1) is 0 Å². The normalized spacial score (nSPS) is 19.4. The minimum Gasteiger partial charge on any atom is -0.459 e. The van der Waals surface area contributed by atoms with E-state index in [1.165, 1.54) is 11.3 Å². The van der Waals surface area contributed by atoms with Crippen molar-refractivity contribution < 1.29 is 9.67 Å². The van der Waals surface area contributed by atoms with Gasteiger partial charge in [-0.05, 0) is 49.5 Å². The molecule has 3 nitrogen and oxygen atoms in total. The van der Waals surface area contributed by atoms with Gasteiger partial charge in [0.1, 0.15) is 5.56 Å². The number of unbranched alkanes of at least 4 members (excludes halogenated alkanes) is 1. The Kier molecular flexibility index (Phi) is 5.38. The Morgan fingerprint density at radius 3 is 2.84 bits per heavy atom. The molecule has 0 spiro atoms. The van der Waals surface area contributed by atoms with Crippen molar-refractivity contribution in [2.45, 2.75) is 57.4 Å². The zero-order valence-corrected chi connectivity index (χ0v) is 15.6. The van der Waals surface area contributed by atoms with E-state index in [0.29, 0.717) is 12.0 Å². The number of fused-ring (bicyclic) bond motifs is 1. The molecule has 4 heteroatoms. The van der Waals surface area contributed by atoms with Crippen LogP contribution in [0.5, 0.6) is 5.88 Å². The van der Waals surface area contributed by atoms with E-state index < -0.39 is 0 Å². The molecule has 0 aliphatic carbocycles. The van der Waals surface area contributed by atoms with E-state index in [1.807, 2.05) is 41.0 Å². The number of allylic oxidation sites excluding steroid dienone is 1. The van der Waals surface area contributed by atoms with Crippen LogP contribution in [-0.4, -0.2) is 5.11 Å². The van der Waals surface area contributed by atoms with Gasteiger partial charge < -0.3 is 5.11 Å². The topological polar surface area (TPSA) is 41.2 Å². The first-order valence-electron chi connectivity index (χ1n) is 8.99. The van der Waals surface area contributed by atoms with Gasteiger partial charge in [0, 0.05) is 12.8 Å². The molecular formula is C21H26NO2S+. The van der Waals surface area contributed by atoms with Gasteiger partial charge in [0.25, 0.3) is 4.74 Å². The second kappa shape index (κ2) is 7.52. The van der Waals surface area contributed by atoms with Gasteiger partial charge in [0.15, 0.2) is 6.54 Å². The van der Waals surface area contributed by atoms with Crippen LogP contribution in [0.1, 0.15) is 55.2 Å². The average Bonchev–Trinajstić information content (AvgIpc) is 2.61. The Hall–Kier alpha value is -1.94. The maximum absolute atomic E-state index is 12.8. The molecule has 1 aliphatic rings. The fourth-order valence-electron chi connectivity index (χ4n) is 3.77. The third-order valence-corrected chi connectivity index (χ3v) is 6.53. The summed E-state index contributed by atoms with van der Waals surface area (Å²) >= 11 is 1.33. The largest absolute Gasteiger partial charge is 0.459 e. The molecule has 0 radical (unpaired) electrons. The minimum atomic E-state index is -0.0339. The van der Waals surface area contributed by atoms with Crippen LogP contribution >= 0.6 is 11.3 Å². The van der Waals surface area contributed by atoms with Gasteiger partial charge >= 0.3 is 5.88 Å². The lowest BCUT2D eigenvalue weighted by molar-refractivity contribution is -0.716. The summed E-state index contributed by atoms with van der Waals surface area (Å²) in [5, 5.41) is 11.9. The first-order chi connectivity index (χ1) is 12.0. The molecule has 132 valence electrons. The zero-order valence-electron chi connectivity index (χ0n) is 14.8. The van der Waals surface area contributed by atoms with E-state index in [1.54, 1.807) is 0 Å². The number of hydrogen-bond donors (Lipinski definition) is 1. The number of aromatic hydroxyl groups is 1. The summed E-state index contributed by atoms with van der Waals surface area (Å²) in [4.78, 5) is 12.8. The van der Waals surface area contributed by atoms with Crippen LogP contribution in [-0.2, 0) is 18.4 Å². The molecule has 1 aromatic carbocycles. The highest BCUT2D eigenvalue weighted by Crippen LogP contribution is 2.37. The molecule has 1 aromatic heterocycles. The molecule has 0 fully saturated rings. The Balaban J connectivity index is 1.98. The highest BCUT2D eigenvalue weighted by atomic mass is 32.1. The van der Waals surface area contributed by atoms with Crippen molar-refractivity contribution in [1.82, 2.24) is 0 Å². The van der Waals surface area contributed by atoms with E-state index in [4.69, 9.17) is 0 Å². The highest BCUT2D eigenvalue weighted by molar-refractivity contribution is 7.09. The number of rotatable bonds is 6. The van der Waals surface area contributed by atoms with Crippen LogP contribution < -0.4 is 9.31 Å². The van der Waals surface area contributed by atoms with Gasteiger partial charge in [-0.1, -0.05) is 36.4 Å². The fraction of sp³-hybridized carbons (Fsp3) is 0.429. The average molecular weight is 357 g/mol. The lowest BCUT2D eigenvalue weighted by Gasteiger charge is -2.30. The molecule has 2 heterocycles. The van der Waals surface area contributed by atoms with Crippen molar-refractivity contribution in [2.75, 3.05) is 0 Å². The molecule has 0 bridgehead atoms. The van der Waals surface area contributed by atoms with Crippen molar-refractivity contribution >= 4 is 11.3 Å². The quantitative estimate of drug-likeness (QED) is 0.481. The van der Waals surface area contributed by atoms with Crippen LogP contribution in [0.3, 0.4) is 0 Å². The SMILES string of the molecule is C=CCCCC1(C)CCC[n+]2c1sc(=O)c(Cc1ccccc1)c2O. The van der Waals surface area contributed by atoms with Crippen molar-refractivity contribution in [3.8, 4) is 5.88 Å². The molecule has 0 amide bonds. The Labute approximate surface area is 153 Å². The molecule has 2 aromatic rings. The molecular weight excluding hydrogens is 330 g/mol. The molecule has 0 saturated carbocycles. The van der Waals surface area contributed by atoms with Gasteiger partial charge in [-0.2, -0.15) is 4.57 Å². The van der Waals surface area contributed by atoms with Gasteiger partial charge in [0.2, 0.25) is 5.01 Å². The van der Waals surface area contributed by atoms with Gasteiger partial charge in [-0.15, -0.1) is 6.58 Å². The molecule has 25 heavy (non-hydrogen) atoms. The summed E-state index contributed by atoms with van der Waals surface area (Å²) in [7, 11) is 0. The molecule has 1 aliphatic heterocycles. The van der Waals surface area contributed by atoms with Crippen LogP contribution in [0.4, 0.5) is 0 Å². The highest BCUT2D eigenvalue weighted by Gasteiger charge is 2.42. The zero-order chi connectivity index (χ0) is 17.9. The number of hydrogen-bond acceptors (Lipinski definition) is 3. The van der Waals surface area contributed by atoms with E-state index in [2.05, 4.69) is 13.5 Å². The summed E-state index contributed by atoms with van der Waals surface area (Å²) < 4.78 is 1.98. The van der Waals surface area contributed by atoms with Crippen molar-refractivity contribution in [3.63, 3.8) is 0 Å². The molecule has 3 rings (SSSR count). The third kappa shape index (κ3) is 3.69. The van der Waals surface area contributed by atoms with Crippen molar-refractivity contribution in [1.29, 1.82) is 0 Å². The molecule has 1 N–H and O–H groups in total. The van der Waals surface area contributed by atoms with Gasteiger partial charge in [0.05, 0.1) is 5.41 Å². The van der Waals surface area contributed by atoms with Crippen LogP contribution in [0.2, 0.25) is 0 Å². The molecule has 1 atom stereocenters. The summed E-state index contributed by atoms with van der Waals surface area (Å²) in [5.41, 5.74) is 1.54. The Morgan fingerprint density at radius 1 is 1.36 bits per heavy atom. The predicted molar refractivity (Wildman–Crippen MR) is 102 cm³/mol. The van der Waals surface area contributed by atoms with E-state index in [9.17, 15) is 9.90 Å². The standard InChI is InChI=1S/C21H25NO2S/c1-3-4-8-12-21(2)13-9-14-22-18(23)17(19(24)25-20(21)22)15-16-10-6-5-7-11-16/h3,5-7,10-11H,1,4,8-9,12-15H2,2H3/p+1. The van der Waals surface area contributed by atoms with E-state index in [0.717, 1.165) is 49.2 Å².